The molecule has 0 spiro atoms. The zero-order valence-corrected chi connectivity index (χ0v) is 22.6. The molecule has 1 heterocycles. The quantitative estimate of drug-likeness (QED) is 0.274. The summed E-state index contributed by atoms with van der Waals surface area (Å²) in [4.78, 5) is 25.8. The molecule has 1 fully saturated rings. The fourth-order valence-corrected chi connectivity index (χ4v) is 5.70. The zero-order valence-electron chi connectivity index (χ0n) is 32.8. The summed E-state index contributed by atoms with van der Waals surface area (Å²) in [6.07, 6.45) is -8.73. The van der Waals surface area contributed by atoms with E-state index in [0.717, 1.165) is 10.6 Å². The molecule has 0 unspecified atom stereocenters. The molecule has 1 aliphatic rings. The van der Waals surface area contributed by atoms with Crippen LogP contribution in [-0.2, 0) is 28.2 Å². The van der Waals surface area contributed by atoms with E-state index < -0.39 is 54.9 Å². The fourth-order valence-electron chi connectivity index (χ4n) is 4.48. The van der Waals surface area contributed by atoms with Crippen molar-refractivity contribution in [2.24, 2.45) is 6.98 Å². The van der Waals surface area contributed by atoms with Crippen molar-refractivity contribution in [2.75, 3.05) is 12.4 Å². The molecule has 0 radical (unpaired) electrons. The molecule has 9 nitrogen and oxygen atoms in total. The van der Waals surface area contributed by atoms with Gasteiger partial charge in [-0.15, -0.1) is 0 Å². The summed E-state index contributed by atoms with van der Waals surface area (Å²) < 4.78 is 127. The van der Waals surface area contributed by atoms with E-state index in [1.165, 1.54) is 48.7 Å². The minimum Gasteiger partial charge on any atom is -0.496 e. The molecular weight excluding hydrogens is 542 g/mol. The number of aromatic nitrogens is 1. The van der Waals surface area contributed by atoms with Crippen LogP contribution in [0.15, 0.2) is 71.8 Å². The van der Waals surface area contributed by atoms with Gasteiger partial charge in [-0.2, -0.15) is 0 Å². The van der Waals surface area contributed by atoms with E-state index in [-0.39, 0.29) is 57.6 Å². The van der Waals surface area contributed by atoms with Crippen LogP contribution < -0.4 is 14.8 Å². The highest BCUT2D eigenvalue weighted by molar-refractivity contribution is 7.90. The summed E-state index contributed by atoms with van der Waals surface area (Å²) in [5, 5.41) is 2.60. The van der Waals surface area contributed by atoms with E-state index in [0.29, 0.717) is 11.1 Å². The van der Waals surface area contributed by atoms with E-state index >= 15 is 0 Å². The molecule has 0 aliphatic heterocycles. The van der Waals surface area contributed by atoms with Gasteiger partial charge in [0, 0.05) is 51.3 Å². The number of hydrogen-bond donors (Lipinski definition) is 2. The largest absolute Gasteiger partial charge is 0.496 e. The highest BCUT2D eigenvalue weighted by atomic mass is 32.2. The van der Waals surface area contributed by atoms with Gasteiger partial charge in [-0.1, -0.05) is 24.3 Å². The van der Waals surface area contributed by atoms with Gasteiger partial charge in [0.25, 0.3) is 15.9 Å². The van der Waals surface area contributed by atoms with Crippen LogP contribution in [0, 0.1) is 6.92 Å². The number of nitrogens with one attached hydrogen (secondary N) is 2. The second kappa shape index (κ2) is 11.7. The van der Waals surface area contributed by atoms with Crippen molar-refractivity contribution in [3.05, 3.63) is 89.1 Å². The predicted molar refractivity (Wildman–Crippen MR) is 157 cm³/mol. The van der Waals surface area contributed by atoms with Crippen LogP contribution in [0.3, 0.4) is 0 Å². The van der Waals surface area contributed by atoms with Crippen LogP contribution in [0.5, 0.6) is 5.75 Å². The molecule has 1 saturated carbocycles. The smallest absolute Gasteiger partial charge is 0.411 e. The van der Waals surface area contributed by atoms with Crippen molar-refractivity contribution in [2.45, 2.75) is 49.9 Å². The lowest BCUT2D eigenvalue weighted by atomic mass is 10.0. The van der Waals surface area contributed by atoms with Gasteiger partial charge in [0.05, 0.1) is 17.4 Å². The third-order valence-corrected chi connectivity index (χ3v) is 7.95. The Morgan fingerprint density at radius 1 is 1.10 bits per heavy atom. The second-order valence-corrected chi connectivity index (χ2v) is 10.9. The highest BCUT2D eigenvalue weighted by Gasteiger charge is 2.22. The van der Waals surface area contributed by atoms with Gasteiger partial charge < -0.3 is 14.0 Å². The molecule has 4 aromatic rings. The number of carbonyl (C=O) groups is 2. The van der Waals surface area contributed by atoms with E-state index in [9.17, 15) is 18.0 Å². The number of fused-ring (bicyclic) bond motifs is 1. The average molecular weight is 587 g/mol. The molecule has 1 aliphatic carbocycles. The minimum absolute atomic E-state index is 0.0191. The molecular formula is C31H33N3O6S. The molecule has 5 rings (SSSR count). The number of methoxy groups -OCH3 is 1. The maximum absolute atomic E-state index is 13.1. The van der Waals surface area contributed by atoms with Crippen molar-refractivity contribution in [3.63, 3.8) is 0 Å². The molecule has 2 N–H and O–H groups in total. The van der Waals surface area contributed by atoms with Crippen LogP contribution in [-0.4, -0.2) is 38.1 Å². The second-order valence-electron chi connectivity index (χ2n) is 9.25. The van der Waals surface area contributed by atoms with Crippen molar-refractivity contribution < 1.29 is 42.6 Å². The summed E-state index contributed by atoms with van der Waals surface area (Å²) in [7, 11) is -7.32. The van der Waals surface area contributed by atoms with Crippen molar-refractivity contribution in [3.8, 4) is 5.75 Å². The summed E-state index contributed by atoms with van der Waals surface area (Å²) in [6, 6.07) is 13.7. The highest BCUT2D eigenvalue weighted by Crippen LogP contribution is 2.30. The summed E-state index contributed by atoms with van der Waals surface area (Å²) >= 11 is 0. The Labute approximate surface area is 255 Å². The Hall–Kier alpha value is -4.31. The number of benzene rings is 3. The molecule has 3 aromatic carbocycles. The minimum atomic E-state index is -4.31. The molecule has 0 atom stereocenters. The number of hydrogen-bond acceptors (Lipinski definition) is 6. The normalized spacial score (nSPS) is 21.5. The maximum atomic E-state index is 13.1. The van der Waals surface area contributed by atoms with Crippen LogP contribution >= 0.6 is 0 Å². The number of amides is 2. The first kappa shape index (κ1) is 17.5. The van der Waals surface area contributed by atoms with Crippen molar-refractivity contribution in [1.29, 1.82) is 0 Å². The molecule has 0 saturated heterocycles. The molecule has 2 amide bonds. The monoisotopic (exact) mass is 586 g/mol. The predicted octanol–water partition coefficient (Wildman–Crippen LogP) is 5.70. The Balaban J connectivity index is 1.49. The van der Waals surface area contributed by atoms with E-state index in [4.69, 9.17) is 24.6 Å². The van der Waals surface area contributed by atoms with E-state index in [1.54, 1.807) is 19.1 Å². The number of anilines is 1. The van der Waals surface area contributed by atoms with Gasteiger partial charge in [0.15, 0.2) is 0 Å². The number of rotatable bonds is 8. The van der Waals surface area contributed by atoms with Gasteiger partial charge in [0.2, 0.25) is 0 Å². The Morgan fingerprint density at radius 3 is 2.66 bits per heavy atom. The Morgan fingerprint density at radius 2 is 1.90 bits per heavy atom. The number of carbonyl (C=O) groups excluding carboxylic acids is 2. The van der Waals surface area contributed by atoms with Gasteiger partial charge in [-0.25, -0.2) is 17.9 Å². The molecule has 1 aromatic heterocycles. The summed E-state index contributed by atoms with van der Waals surface area (Å²) in [5.41, 5.74) is 0.779. The lowest BCUT2D eigenvalue weighted by molar-refractivity contribution is 0.0980. The number of nitrogens with zero attached hydrogens (tertiary/aromatic N) is 1. The Bertz CT molecular complexity index is 2150. The van der Waals surface area contributed by atoms with Crippen molar-refractivity contribution in [1.82, 2.24) is 9.29 Å². The molecule has 214 valence electrons. The molecule has 0 bridgehead atoms. The van der Waals surface area contributed by atoms with E-state index in [1.807, 2.05) is 4.72 Å². The first-order valence-corrected chi connectivity index (χ1v) is 13.9. The number of aryl methyl sites for hydroxylation is 2. The van der Waals surface area contributed by atoms with E-state index in [2.05, 4.69) is 5.32 Å². The third kappa shape index (κ3) is 6.22. The molecule has 41 heavy (non-hydrogen) atoms. The maximum Gasteiger partial charge on any atom is 0.411 e. The lowest BCUT2D eigenvalue weighted by Crippen LogP contribution is -2.31. The van der Waals surface area contributed by atoms with Crippen molar-refractivity contribution >= 4 is 38.6 Å². The lowest BCUT2D eigenvalue weighted by Gasteiger charge is -2.13. The summed E-state index contributed by atoms with van der Waals surface area (Å²) in [5.74, 6) is -1.39. The van der Waals surface area contributed by atoms with Gasteiger partial charge >= 0.3 is 6.09 Å². The third-order valence-electron chi connectivity index (χ3n) is 6.45. The van der Waals surface area contributed by atoms with Crippen LogP contribution in [0.2, 0.25) is 0 Å². The first-order chi connectivity index (χ1) is 23.8. The standard InChI is InChI=1S/C31H33N3O6S/c1-20-8-4-7-11-29(20)41(37,38)33-30(35)22-13-12-21(28(17-22)39-3)16-23-19-34(2)27-15-14-24(18-26(23)27)32-31(36)40-25-9-5-6-10-25/h4,7-8,11-15,17-19,25H,5-6,9-10,16H2,1-3H3,(H,32,36)(H,33,35)/i2D3,3D3,9D2,10D2,25D. The topological polar surface area (TPSA) is 116 Å². The number of ether oxygens (including phenoxy) is 2. The van der Waals surface area contributed by atoms with Gasteiger partial charge in [-0.3, -0.25) is 10.1 Å². The van der Waals surface area contributed by atoms with Crippen LogP contribution in [0.4, 0.5) is 10.5 Å². The number of sulfonamides is 1. The van der Waals surface area contributed by atoms with Crippen LogP contribution in [0.25, 0.3) is 10.9 Å². The first-order valence-electron chi connectivity index (χ1n) is 17.9. The van der Waals surface area contributed by atoms with Gasteiger partial charge in [0.1, 0.15) is 11.8 Å². The van der Waals surface area contributed by atoms with Gasteiger partial charge in [-0.05, 0) is 85.6 Å². The average Bonchev–Trinajstić information content (AvgIpc) is 3.44. The van der Waals surface area contributed by atoms with Crippen LogP contribution in [0.1, 0.15) is 67.7 Å². The fraction of sp³-hybridized carbons (Fsp3) is 0.290. The summed E-state index contributed by atoms with van der Waals surface area (Å²) in [6.45, 7) is -1.14. The zero-order chi connectivity index (χ0) is 38.7. The Kier molecular flexibility index (Phi) is 4.97. The SMILES string of the molecule is [2H]C([2H])([2H])Oc1cc(C(=O)NS(=O)(=O)c2ccccc2C)ccc1Cc1cn(C([2H])([2H])[2H])c2ccc(NC(=O)OC3([2H])C([2H])([2H])CCC3([2H])[2H])cc12. The molecule has 10 heteroatoms.